The molecule has 0 saturated heterocycles. The molecule has 0 bridgehead atoms. The van der Waals surface area contributed by atoms with Gasteiger partial charge in [-0.15, -0.1) is 0 Å². The number of carbonyl (C=O) groups excluding carboxylic acids is 3. The third kappa shape index (κ3) is 4.28. The number of alkyl halides is 1. The smallest absolute Gasteiger partial charge is 0.305 e. The number of carbonyl (C=O) groups is 3. The van der Waals surface area contributed by atoms with Gasteiger partial charge in [-0.3, -0.25) is 14.4 Å². The summed E-state index contributed by atoms with van der Waals surface area (Å²) in [6.07, 6.45) is 5.34. The molecule has 34 heavy (non-hydrogen) atoms. The fraction of sp³-hybridized carbons (Fsp3) is 0.897. The summed E-state index contributed by atoms with van der Waals surface area (Å²) >= 11 is 0. The van der Waals surface area contributed by atoms with Crippen LogP contribution in [0.15, 0.2) is 0 Å². The predicted molar refractivity (Wildman–Crippen MR) is 132 cm³/mol. The monoisotopic (exact) mass is 478 g/mol. The minimum absolute atomic E-state index is 0.00119. The Morgan fingerprint density at radius 2 is 1.74 bits per heavy atom. The van der Waals surface area contributed by atoms with Gasteiger partial charge in [0, 0.05) is 24.7 Å². The van der Waals surface area contributed by atoms with Crippen molar-refractivity contribution in [1.29, 1.82) is 0 Å². The average Bonchev–Trinajstić information content (AvgIpc) is 3.18. The number of methoxy groups -OCH3 is 1. The molecule has 0 spiro atoms. The number of hydrogen-bond donors (Lipinski definition) is 0. The van der Waals surface area contributed by atoms with Crippen molar-refractivity contribution >= 4 is 17.5 Å². The van der Waals surface area contributed by atoms with E-state index >= 15 is 0 Å². The Bertz CT molecular complexity index is 780. The van der Waals surface area contributed by atoms with E-state index in [0.29, 0.717) is 36.4 Å². The Morgan fingerprint density at radius 1 is 1.09 bits per heavy atom. The lowest BCUT2D eigenvalue weighted by atomic mass is 9.41. The SMILES string of the molecule is CC.CC[C@H]1C(=O)C2C3CC[C@H]([C@H](C)CCC(=O)OC)[C@@]3(C)CCC2[C@@]2(C)C[C@H](F)C(=O)C[C@@H]12. The van der Waals surface area contributed by atoms with Crippen LogP contribution in [0.5, 0.6) is 0 Å². The van der Waals surface area contributed by atoms with Crippen LogP contribution in [0.1, 0.15) is 99.3 Å². The zero-order chi connectivity index (χ0) is 25.4. The van der Waals surface area contributed by atoms with Crippen molar-refractivity contribution in [3.05, 3.63) is 0 Å². The number of hydrogen-bond acceptors (Lipinski definition) is 4. The first-order valence-electron chi connectivity index (χ1n) is 13.9. The van der Waals surface area contributed by atoms with Gasteiger partial charge in [0.15, 0.2) is 12.0 Å². The van der Waals surface area contributed by atoms with Crippen molar-refractivity contribution in [2.24, 2.45) is 52.3 Å². The van der Waals surface area contributed by atoms with Crippen molar-refractivity contribution in [2.45, 2.75) is 106 Å². The molecule has 4 aliphatic rings. The van der Waals surface area contributed by atoms with Gasteiger partial charge in [0.2, 0.25) is 0 Å². The molecule has 194 valence electrons. The highest BCUT2D eigenvalue weighted by Gasteiger charge is 2.66. The Hall–Kier alpha value is -1.26. The lowest BCUT2D eigenvalue weighted by Crippen LogP contribution is -2.61. The fourth-order valence-corrected chi connectivity index (χ4v) is 9.09. The second kappa shape index (κ2) is 10.4. The topological polar surface area (TPSA) is 60.4 Å². The second-order valence-electron chi connectivity index (χ2n) is 11.9. The quantitative estimate of drug-likeness (QED) is 0.418. The number of esters is 1. The first kappa shape index (κ1) is 27.3. The van der Waals surface area contributed by atoms with Gasteiger partial charge in [0.25, 0.3) is 0 Å². The summed E-state index contributed by atoms with van der Waals surface area (Å²) in [6.45, 7) is 12.9. The van der Waals surface area contributed by atoms with Gasteiger partial charge in [-0.1, -0.05) is 41.5 Å². The Morgan fingerprint density at radius 3 is 2.35 bits per heavy atom. The Kier molecular flexibility index (Phi) is 8.35. The van der Waals surface area contributed by atoms with E-state index in [1.807, 2.05) is 13.8 Å². The maximum atomic E-state index is 14.7. The molecule has 0 heterocycles. The largest absolute Gasteiger partial charge is 0.469 e. The molecule has 4 aliphatic carbocycles. The van der Waals surface area contributed by atoms with E-state index in [1.165, 1.54) is 7.11 Å². The molecule has 5 heteroatoms. The van der Waals surface area contributed by atoms with Crippen LogP contribution in [-0.4, -0.2) is 30.8 Å². The summed E-state index contributed by atoms with van der Waals surface area (Å²) in [5.74, 6) is 1.24. The number of halogens is 1. The Labute approximate surface area is 206 Å². The van der Waals surface area contributed by atoms with Gasteiger partial charge in [-0.25, -0.2) is 4.39 Å². The van der Waals surface area contributed by atoms with Gasteiger partial charge in [0.05, 0.1) is 7.11 Å². The minimum Gasteiger partial charge on any atom is -0.469 e. The number of ether oxygens (including phenoxy) is 1. The van der Waals surface area contributed by atoms with Crippen LogP contribution in [0, 0.1) is 52.3 Å². The molecule has 0 aromatic carbocycles. The second-order valence-corrected chi connectivity index (χ2v) is 11.9. The van der Waals surface area contributed by atoms with Crippen molar-refractivity contribution < 1.29 is 23.5 Å². The van der Waals surface area contributed by atoms with Crippen LogP contribution < -0.4 is 0 Å². The molecule has 0 N–H and O–H groups in total. The van der Waals surface area contributed by atoms with Crippen molar-refractivity contribution in [2.75, 3.05) is 7.11 Å². The van der Waals surface area contributed by atoms with Gasteiger partial charge in [-0.2, -0.15) is 0 Å². The van der Waals surface area contributed by atoms with Gasteiger partial charge in [0.1, 0.15) is 5.78 Å². The van der Waals surface area contributed by atoms with Crippen LogP contribution in [0.4, 0.5) is 4.39 Å². The molecule has 0 radical (unpaired) electrons. The molecular weight excluding hydrogens is 431 g/mol. The summed E-state index contributed by atoms with van der Waals surface area (Å²) in [7, 11) is 1.44. The third-order valence-corrected chi connectivity index (χ3v) is 10.8. The lowest BCUT2D eigenvalue weighted by Gasteiger charge is -2.61. The van der Waals surface area contributed by atoms with Gasteiger partial charge < -0.3 is 4.74 Å². The van der Waals surface area contributed by atoms with E-state index < -0.39 is 6.17 Å². The summed E-state index contributed by atoms with van der Waals surface area (Å²) in [5.41, 5.74) is -0.171. The molecule has 4 saturated carbocycles. The van der Waals surface area contributed by atoms with Crippen LogP contribution in [0.3, 0.4) is 0 Å². The zero-order valence-electron chi connectivity index (χ0n) is 22.5. The van der Waals surface area contributed by atoms with E-state index in [2.05, 4.69) is 27.7 Å². The van der Waals surface area contributed by atoms with Crippen LogP contribution in [-0.2, 0) is 19.1 Å². The standard InChI is InChI=1S/C27H41FO4.C2H6/c1-6-16-20-13-22(29)21(28)14-27(20,4)19-11-12-26(3)17(15(2)7-10-23(30)32-5)8-9-18(26)24(19)25(16)31;1-2/h15-21,24H,6-14H2,1-5H3;1-2H3/t15-,16-,17-,18?,19?,20+,21+,24?,26-,27-;/m1./s1. The third-order valence-electron chi connectivity index (χ3n) is 10.8. The van der Waals surface area contributed by atoms with Gasteiger partial charge >= 0.3 is 5.97 Å². The minimum atomic E-state index is -1.37. The summed E-state index contributed by atoms with van der Waals surface area (Å²) in [4.78, 5) is 37.9. The number of ketones is 2. The zero-order valence-corrected chi connectivity index (χ0v) is 22.5. The van der Waals surface area contributed by atoms with Crippen molar-refractivity contribution in [1.82, 2.24) is 0 Å². The van der Waals surface area contributed by atoms with Crippen molar-refractivity contribution in [3.63, 3.8) is 0 Å². The van der Waals surface area contributed by atoms with Crippen molar-refractivity contribution in [3.8, 4) is 0 Å². The first-order valence-corrected chi connectivity index (χ1v) is 13.9. The predicted octanol–water partition coefficient (Wildman–Crippen LogP) is 6.59. The molecule has 0 amide bonds. The fourth-order valence-electron chi connectivity index (χ4n) is 9.09. The van der Waals surface area contributed by atoms with Crippen LogP contribution in [0.2, 0.25) is 0 Å². The number of rotatable bonds is 5. The number of fused-ring (bicyclic) bond motifs is 5. The highest BCUT2D eigenvalue weighted by Crippen LogP contribution is 2.68. The average molecular weight is 479 g/mol. The molecule has 4 rings (SSSR count). The van der Waals surface area contributed by atoms with Gasteiger partial charge in [-0.05, 0) is 85.4 Å². The molecule has 10 atom stereocenters. The summed E-state index contributed by atoms with van der Waals surface area (Å²) in [6, 6.07) is 0. The summed E-state index contributed by atoms with van der Waals surface area (Å²) < 4.78 is 19.5. The highest BCUT2D eigenvalue weighted by molar-refractivity contribution is 5.89. The normalized spacial score (nSPS) is 44.2. The maximum absolute atomic E-state index is 14.7. The molecule has 0 aromatic rings. The van der Waals surface area contributed by atoms with E-state index in [-0.39, 0.29) is 52.7 Å². The first-order chi connectivity index (χ1) is 16.1. The number of Topliss-reactive ketones (excluding diaryl/α,β-unsaturated/α-hetero) is 2. The van der Waals surface area contributed by atoms with Crippen LogP contribution in [0.25, 0.3) is 0 Å². The molecule has 4 nitrogen and oxygen atoms in total. The molecule has 3 unspecified atom stereocenters. The molecular formula is C29H47FO4. The Balaban J connectivity index is 0.00000158. The molecule has 0 aromatic heterocycles. The maximum Gasteiger partial charge on any atom is 0.305 e. The summed E-state index contributed by atoms with van der Waals surface area (Å²) in [5, 5.41) is 0. The lowest BCUT2D eigenvalue weighted by molar-refractivity contribution is -0.174. The molecule has 4 fully saturated rings. The van der Waals surface area contributed by atoms with E-state index in [1.54, 1.807) is 0 Å². The van der Waals surface area contributed by atoms with E-state index in [0.717, 1.165) is 38.5 Å². The van der Waals surface area contributed by atoms with E-state index in [9.17, 15) is 18.8 Å². The molecule has 0 aliphatic heterocycles. The van der Waals surface area contributed by atoms with E-state index in [4.69, 9.17) is 4.74 Å². The highest BCUT2D eigenvalue weighted by atomic mass is 19.1. The van der Waals surface area contributed by atoms with Crippen LogP contribution >= 0.6 is 0 Å².